The summed E-state index contributed by atoms with van der Waals surface area (Å²) in [5.74, 6) is -2.74. The molecule has 1 aromatic heterocycles. The number of nitrogens with zero attached hydrogens (tertiary/aromatic N) is 1. The summed E-state index contributed by atoms with van der Waals surface area (Å²) < 4.78 is 14.7. The number of rotatable bonds is 9. The van der Waals surface area contributed by atoms with Crippen LogP contribution in [0.4, 0.5) is 10.5 Å². The van der Waals surface area contributed by atoms with Crippen LogP contribution in [0.1, 0.15) is 45.1 Å². The van der Waals surface area contributed by atoms with Gasteiger partial charge < -0.3 is 24.8 Å². The zero-order chi connectivity index (χ0) is 27.8. The predicted molar refractivity (Wildman–Crippen MR) is 135 cm³/mol. The van der Waals surface area contributed by atoms with Crippen LogP contribution in [0, 0.1) is 0 Å². The van der Waals surface area contributed by atoms with E-state index in [-0.39, 0.29) is 5.69 Å². The number of ether oxygens (including phenoxy) is 3. The van der Waals surface area contributed by atoms with Gasteiger partial charge in [-0.1, -0.05) is 0 Å². The van der Waals surface area contributed by atoms with Gasteiger partial charge in [-0.15, -0.1) is 11.3 Å². The second kappa shape index (κ2) is 12.8. The minimum Gasteiger partial charge on any atom is -0.467 e. The van der Waals surface area contributed by atoms with Crippen LogP contribution in [0.15, 0.2) is 29.6 Å². The third kappa shape index (κ3) is 9.52. The van der Waals surface area contributed by atoms with Crippen molar-refractivity contribution < 1.29 is 38.2 Å². The Balaban J connectivity index is 2.08. The third-order valence-electron chi connectivity index (χ3n) is 4.50. The SMILES string of the molecule is COC(=O)C(C)NC(=O)C(COC(C)=O)NC(=O)c1csc(-c2ccc(NC(=O)OC(C)(C)C)cc2)n1. The molecule has 2 unspecified atom stereocenters. The summed E-state index contributed by atoms with van der Waals surface area (Å²) in [7, 11) is 1.17. The molecule has 3 N–H and O–H groups in total. The number of carbonyl (C=O) groups is 5. The van der Waals surface area contributed by atoms with Crippen molar-refractivity contribution in [2.75, 3.05) is 19.0 Å². The van der Waals surface area contributed by atoms with Gasteiger partial charge in [-0.2, -0.15) is 0 Å². The van der Waals surface area contributed by atoms with Gasteiger partial charge in [0.05, 0.1) is 7.11 Å². The van der Waals surface area contributed by atoms with Crippen LogP contribution in [0.2, 0.25) is 0 Å². The predicted octanol–water partition coefficient (Wildman–Crippen LogP) is 2.50. The molecule has 0 fully saturated rings. The third-order valence-corrected chi connectivity index (χ3v) is 5.39. The van der Waals surface area contributed by atoms with Crippen LogP contribution in [0.25, 0.3) is 10.6 Å². The van der Waals surface area contributed by atoms with Crippen LogP contribution in [-0.2, 0) is 28.6 Å². The van der Waals surface area contributed by atoms with Gasteiger partial charge in [0.2, 0.25) is 5.91 Å². The lowest BCUT2D eigenvalue weighted by Gasteiger charge is -2.19. The Bertz CT molecular complexity index is 1140. The smallest absolute Gasteiger partial charge is 0.412 e. The highest BCUT2D eigenvalue weighted by Crippen LogP contribution is 2.25. The molecule has 13 heteroatoms. The normalized spacial score (nSPS) is 12.5. The number of anilines is 1. The highest BCUT2D eigenvalue weighted by atomic mass is 32.1. The second-order valence-electron chi connectivity index (χ2n) is 8.82. The lowest BCUT2D eigenvalue weighted by atomic mass is 10.2. The molecule has 0 aliphatic carbocycles. The van der Waals surface area contributed by atoms with Crippen molar-refractivity contribution >= 4 is 46.9 Å². The number of nitrogens with one attached hydrogen (secondary N) is 3. The molecule has 1 heterocycles. The van der Waals surface area contributed by atoms with E-state index < -0.39 is 54.1 Å². The van der Waals surface area contributed by atoms with E-state index in [4.69, 9.17) is 9.47 Å². The summed E-state index contributed by atoms with van der Waals surface area (Å²) in [4.78, 5) is 64.4. The van der Waals surface area contributed by atoms with E-state index in [0.29, 0.717) is 16.3 Å². The fourth-order valence-corrected chi connectivity index (χ4v) is 3.60. The number of hydrogen-bond acceptors (Lipinski definition) is 10. The van der Waals surface area contributed by atoms with E-state index >= 15 is 0 Å². The number of amides is 3. The highest BCUT2D eigenvalue weighted by Gasteiger charge is 2.27. The molecule has 2 rings (SSSR count). The Labute approximate surface area is 218 Å². The molecule has 3 amide bonds. The first-order valence-corrected chi connectivity index (χ1v) is 12.1. The first-order chi connectivity index (χ1) is 17.3. The Morgan fingerprint density at radius 2 is 1.70 bits per heavy atom. The average Bonchev–Trinajstić information content (AvgIpc) is 3.30. The van der Waals surface area contributed by atoms with E-state index in [2.05, 4.69) is 25.7 Å². The standard InChI is InChI=1S/C24H30N4O8S/c1-13(22(32)34-6)25-19(30)17(11-35-14(2)29)27-20(31)18-12-37-21(28-18)15-7-9-16(10-8-15)26-23(33)36-24(3,4)5/h7-10,12-13,17H,11H2,1-6H3,(H,25,30)(H,26,33)(H,27,31). The Kier molecular flexibility index (Phi) is 10.1. The highest BCUT2D eigenvalue weighted by molar-refractivity contribution is 7.13. The van der Waals surface area contributed by atoms with E-state index in [0.717, 1.165) is 6.92 Å². The van der Waals surface area contributed by atoms with Crippen LogP contribution in [0.3, 0.4) is 0 Å². The van der Waals surface area contributed by atoms with Crippen molar-refractivity contribution in [2.24, 2.45) is 0 Å². The zero-order valence-corrected chi connectivity index (χ0v) is 22.2. The van der Waals surface area contributed by atoms with E-state index in [1.54, 1.807) is 45.0 Å². The fraction of sp³-hybridized carbons (Fsp3) is 0.417. The molecular formula is C24H30N4O8S. The Hall–Kier alpha value is -4.00. The topological polar surface area (TPSA) is 162 Å². The Morgan fingerprint density at radius 1 is 1.05 bits per heavy atom. The molecule has 200 valence electrons. The van der Waals surface area contributed by atoms with Gasteiger partial charge >= 0.3 is 18.0 Å². The van der Waals surface area contributed by atoms with Crippen LogP contribution in [0.5, 0.6) is 0 Å². The van der Waals surface area contributed by atoms with Gasteiger partial charge in [-0.3, -0.25) is 19.7 Å². The molecule has 2 aromatic rings. The first kappa shape index (κ1) is 29.2. The molecular weight excluding hydrogens is 504 g/mol. The van der Waals surface area contributed by atoms with Crippen molar-refractivity contribution in [3.05, 3.63) is 35.3 Å². The summed E-state index contributed by atoms with van der Waals surface area (Å²) in [6.45, 7) is 7.42. The molecule has 0 radical (unpaired) electrons. The fourth-order valence-electron chi connectivity index (χ4n) is 2.79. The van der Waals surface area contributed by atoms with Crippen LogP contribution < -0.4 is 16.0 Å². The second-order valence-corrected chi connectivity index (χ2v) is 9.68. The lowest BCUT2D eigenvalue weighted by molar-refractivity contribution is -0.146. The number of hydrogen-bond donors (Lipinski definition) is 3. The quantitative estimate of drug-likeness (QED) is 0.324. The van der Waals surface area contributed by atoms with Crippen molar-refractivity contribution in [1.29, 1.82) is 0 Å². The number of aromatic nitrogens is 1. The summed E-state index contributed by atoms with van der Waals surface area (Å²) in [6.07, 6.45) is -0.582. The van der Waals surface area contributed by atoms with Gasteiger partial charge in [0, 0.05) is 23.6 Å². The summed E-state index contributed by atoms with van der Waals surface area (Å²) >= 11 is 1.20. The van der Waals surface area contributed by atoms with Crippen molar-refractivity contribution in [3.63, 3.8) is 0 Å². The van der Waals surface area contributed by atoms with Crippen molar-refractivity contribution in [1.82, 2.24) is 15.6 Å². The maximum absolute atomic E-state index is 12.8. The number of methoxy groups -OCH3 is 1. The van der Waals surface area contributed by atoms with Crippen molar-refractivity contribution in [2.45, 2.75) is 52.3 Å². The molecule has 37 heavy (non-hydrogen) atoms. The zero-order valence-electron chi connectivity index (χ0n) is 21.4. The molecule has 0 saturated heterocycles. The summed E-state index contributed by atoms with van der Waals surface area (Å²) in [6, 6.07) is 4.53. The monoisotopic (exact) mass is 534 g/mol. The molecule has 0 saturated carbocycles. The molecule has 2 atom stereocenters. The molecule has 0 bridgehead atoms. The van der Waals surface area contributed by atoms with E-state index in [1.807, 2.05) is 0 Å². The van der Waals surface area contributed by atoms with Crippen LogP contribution in [-0.4, -0.2) is 66.2 Å². The van der Waals surface area contributed by atoms with Gasteiger partial charge in [0.1, 0.15) is 35.0 Å². The lowest BCUT2D eigenvalue weighted by Crippen LogP contribution is -2.53. The minimum absolute atomic E-state index is 0.0394. The molecule has 12 nitrogen and oxygen atoms in total. The molecule has 0 spiro atoms. The Morgan fingerprint density at radius 3 is 2.27 bits per heavy atom. The van der Waals surface area contributed by atoms with Gasteiger partial charge in [0.15, 0.2) is 0 Å². The summed E-state index contributed by atoms with van der Waals surface area (Å²) in [5.41, 5.74) is 0.629. The average molecular weight is 535 g/mol. The molecule has 0 aliphatic rings. The largest absolute Gasteiger partial charge is 0.467 e. The van der Waals surface area contributed by atoms with E-state index in [9.17, 15) is 24.0 Å². The number of benzene rings is 1. The summed E-state index contributed by atoms with van der Waals surface area (Å²) in [5, 5.41) is 9.53. The van der Waals surface area contributed by atoms with Gasteiger partial charge in [-0.05, 0) is 52.0 Å². The molecule has 1 aromatic carbocycles. The maximum Gasteiger partial charge on any atom is 0.412 e. The van der Waals surface area contributed by atoms with Crippen molar-refractivity contribution in [3.8, 4) is 10.6 Å². The van der Waals surface area contributed by atoms with Gasteiger partial charge in [-0.25, -0.2) is 14.6 Å². The maximum atomic E-state index is 12.8. The van der Waals surface area contributed by atoms with E-state index in [1.165, 1.54) is 30.8 Å². The minimum atomic E-state index is -1.27. The number of esters is 2. The van der Waals surface area contributed by atoms with Crippen LogP contribution >= 0.6 is 11.3 Å². The number of thiazole rings is 1. The first-order valence-electron chi connectivity index (χ1n) is 11.2. The molecule has 0 aliphatic heterocycles. The number of carbonyl (C=O) groups excluding carboxylic acids is 5. The van der Waals surface area contributed by atoms with Gasteiger partial charge in [0.25, 0.3) is 5.91 Å².